The summed E-state index contributed by atoms with van der Waals surface area (Å²) in [6.45, 7) is 1.45. The van der Waals surface area contributed by atoms with Gasteiger partial charge in [-0.1, -0.05) is 0 Å². The molecular formula is C16H12FN3O4. The summed E-state index contributed by atoms with van der Waals surface area (Å²) in [5.41, 5.74) is -0.199. The summed E-state index contributed by atoms with van der Waals surface area (Å²) in [5.74, 6) is -1.10. The van der Waals surface area contributed by atoms with Crippen LogP contribution in [0.1, 0.15) is 12.5 Å². The van der Waals surface area contributed by atoms with E-state index in [1.165, 1.54) is 31.2 Å². The first kappa shape index (κ1) is 16.9. The van der Waals surface area contributed by atoms with Gasteiger partial charge in [-0.2, -0.15) is 5.26 Å². The van der Waals surface area contributed by atoms with Crippen LogP contribution in [-0.2, 0) is 4.79 Å². The predicted octanol–water partition coefficient (Wildman–Crippen LogP) is 3.01. The highest BCUT2D eigenvalue weighted by Crippen LogP contribution is 2.22. The van der Waals surface area contributed by atoms with Gasteiger partial charge in [0.25, 0.3) is 11.6 Å². The summed E-state index contributed by atoms with van der Waals surface area (Å²) in [4.78, 5) is 22.1. The van der Waals surface area contributed by atoms with Gasteiger partial charge in [0, 0.05) is 12.1 Å². The molecule has 0 spiro atoms. The largest absolute Gasteiger partial charge is 0.481 e. The van der Waals surface area contributed by atoms with E-state index in [0.29, 0.717) is 11.3 Å². The van der Waals surface area contributed by atoms with Crippen molar-refractivity contribution in [2.45, 2.75) is 13.0 Å². The Bertz CT molecular complexity index is 815. The second kappa shape index (κ2) is 7.19. The Labute approximate surface area is 136 Å². The first-order chi connectivity index (χ1) is 11.4. The molecule has 0 aliphatic heterocycles. The predicted molar refractivity (Wildman–Crippen MR) is 82.9 cm³/mol. The molecule has 1 atom stereocenters. The molecule has 0 aromatic heterocycles. The van der Waals surface area contributed by atoms with Crippen molar-refractivity contribution < 1.29 is 18.8 Å². The Morgan fingerprint density at radius 2 is 2.00 bits per heavy atom. The number of amides is 1. The van der Waals surface area contributed by atoms with Crippen molar-refractivity contribution in [2.75, 3.05) is 5.32 Å². The number of anilines is 1. The normalized spacial score (nSPS) is 11.2. The average molecular weight is 329 g/mol. The summed E-state index contributed by atoms with van der Waals surface area (Å²) >= 11 is 0. The molecule has 0 heterocycles. The summed E-state index contributed by atoms with van der Waals surface area (Å²) < 4.78 is 19.0. The van der Waals surface area contributed by atoms with E-state index in [-0.39, 0.29) is 11.4 Å². The van der Waals surface area contributed by atoms with E-state index >= 15 is 0 Å². The SMILES string of the molecule is CC(Oc1ccc(C#N)cc1)C(=O)Nc1cc([N+](=O)[O-])ccc1F. The minimum Gasteiger partial charge on any atom is -0.481 e. The number of carbonyl (C=O) groups is 1. The van der Waals surface area contributed by atoms with E-state index in [4.69, 9.17) is 10.00 Å². The number of hydrogen-bond donors (Lipinski definition) is 1. The van der Waals surface area contributed by atoms with Crippen LogP contribution in [0.3, 0.4) is 0 Å². The van der Waals surface area contributed by atoms with Crippen molar-refractivity contribution in [2.24, 2.45) is 0 Å². The molecule has 0 saturated carbocycles. The summed E-state index contributed by atoms with van der Waals surface area (Å²) in [6.07, 6.45) is -0.975. The molecule has 0 aliphatic rings. The quantitative estimate of drug-likeness (QED) is 0.670. The van der Waals surface area contributed by atoms with Gasteiger partial charge in [0.15, 0.2) is 6.10 Å². The molecule has 1 N–H and O–H groups in total. The van der Waals surface area contributed by atoms with Crippen LogP contribution in [0.15, 0.2) is 42.5 Å². The Hall–Kier alpha value is -3.47. The molecule has 1 amide bonds. The van der Waals surface area contributed by atoms with Crippen molar-refractivity contribution >= 4 is 17.3 Å². The lowest BCUT2D eigenvalue weighted by atomic mass is 10.2. The molecule has 0 fully saturated rings. The first-order valence-electron chi connectivity index (χ1n) is 6.82. The molecule has 0 saturated heterocycles. The highest BCUT2D eigenvalue weighted by atomic mass is 19.1. The first-order valence-corrected chi connectivity index (χ1v) is 6.82. The van der Waals surface area contributed by atoms with E-state index in [0.717, 1.165) is 18.2 Å². The minimum absolute atomic E-state index is 0.301. The highest BCUT2D eigenvalue weighted by molar-refractivity contribution is 5.94. The fraction of sp³-hybridized carbons (Fsp3) is 0.125. The maximum absolute atomic E-state index is 13.7. The van der Waals surface area contributed by atoms with Crippen molar-refractivity contribution in [3.63, 3.8) is 0 Å². The topological polar surface area (TPSA) is 105 Å². The third-order valence-corrected chi connectivity index (χ3v) is 3.08. The molecule has 0 radical (unpaired) electrons. The second-order valence-electron chi connectivity index (χ2n) is 4.81. The van der Waals surface area contributed by atoms with E-state index in [1.54, 1.807) is 0 Å². The maximum atomic E-state index is 13.7. The number of carbonyl (C=O) groups excluding carboxylic acids is 1. The summed E-state index contributed by atoms with van der Waals surface area (Å²) in [7, 11) is 0. The molecule has 8 heteroatoms. The zero-order valence-corrected chi connectivity index (χ0v) is 12.5. The van der Waals surface area contributed by atoms with E-state index in [1.807, 2.05) is 6.07 Å². The Kier molecular flexibility index (Phi) is 5.06. The third-order valence-electron chi connectivity index (χ3n) is 3.08. The molecule has 2 aromatic carbocycles. The number of halogens is 1. The second-order valence-corrected chi connectivity index (χ2v) is 4.81. The average Bonchev–Trinajstić information content (AvgIpc) is 2.57. The van der Waals surface area contributed by atoms with Crippen LogP contribution in [-0.4, -0.2) is 16.9 Å². The van der Waals surface area contributed by atoms with Gasteiger partial charge in [0.05, 0.1) is 22.2 Å². The van der Waals surface area contributed by atoms with Gasteiger partial charge in [-0.15, -0.1) is 0 Å². The zero-order valence-electron chi connectivity index (χ0n) is 12.5. The van der Waals surface area contributed by atoms with E-state index < -0.39 is 22.8 Å². The summed E-state index contributed by atoms with van der Waals surface area (Å²) in [5, 5.41) is 21.7. The smallest absolute Gasteiger partial charge is 0.271 e. The lowest BCUT2D eigenvalue weighted by molar-refractivity contribution is -0.384. The van der Waals surface area contributed by atoms with Gasteiger partial charge >= 0.3 is 0 Å². The fourth-order valence-corrected chi connectivity index (χ4v) is 1.82. The Balaban J connectivity index is 2.07. The molecule has 2 aromatic rings. The van der Waals surface area contributed by atoms with Crippen LogP contribution in [0.4, 0.5) is 15.8 Å². The maximum Gasteiger partial charge on any atom is 0.271 e. The molecular weight excluding hydrogens is 317 g/mol. The van der Waals surface area contributed by atoms with Crippen LogP contribution >= 0.6 is 0 Å². The van der Waals surface area contributed by atoms with E-state index in [2.05, 4.69) is 5.32 Å². The number of non-ortho nitro benzene ring substituents is 1. The lowest BCUT2D eigenvalue weighted by Crippen LogP contribution is -2.30. The number of hydrogen-bond acceptors (Lipinski definition) is 5. The monoisotopic (exact) mass is 329 g/mol. The minimum atomic E-state index is -0.975. The number of nitro benzene ring substituents is 1. The van der Waals surface area contributed by atoms with Crippen molar-refractivity contribution in [3.05, 3.63) is 64.0 Å². The highest BCUT2D eigenvalue weighted by Gasteiger charge is 2.18. The Morgan fingerprint density at radius 1 is 1.33 bits per heavy atom. The molecule has 7 nitrogen and oxygen atoms in total. The van der Waals surface area contributed by atoms with Crippen LogP contribution in [0.2, 0.25) is 0 Å². The number of nitriles is 1. The van der Waals surface area contributed by atoms with Gasteiger partial charge < -0.3 is 10.1 Å². The van der Waals surface area contributed by atoms with Gasteiger partial charge in [-0.05, 0) is 37.3 Å². The Morgan fingerprint density at radius 3 is 2.58 bits per heavy atom. The van der Waals surface area contributed by atoms with Crippen LogP contribution in [0.25, 0.3) is 0 Å². The number of nitrogens with one attached hydrogen (secondary N) is 1. The molecule has 24 heavy (non-hydrogen) atoms. The standard InChI is InChI=1S/C16H12FN3O4/c1-10(24-13-5-2-11(9-18)3-6-13)16(21)19-15-8-12(20(22)23)4-7-14(15)17/h2-8,10H,1H3,(H,19,21). The summed E-state index contributed by atoms with van der Waals surface area (Å²) in [6, 6.07) is 10.9. The van der Waals surface area contributed by atoms with Gasteiger partial charge in [-0.3, -0.25) is 14.9 Å². The van der Waals surface area contributed by atoms with Gasteiger partial charge in [0.1, 0.15) is 11.6 Å². The molecule has 0 aliphatic carbocycles. The molecule has 2 rings (SSSR count). The number of benzene rings is 2. The van der Waals surface area contributed by atoms with Crippen LogP contribution < -0.4 is 10.1 Å². The third kappa shape index (κ3) is 4.04. The molecule has 1 unspecified atom stereocenters. The lowest BCUT2D eigenvalue weighted by Gasteiger charge is -2.15. The van der Waals surface area contributed by atoms with Crippen molar-refractivity contribution in [3.8, 4) is 11.8 Å². The van der Waals surface area contributed by atoms with Crippen molar-refractivity contribution in [1.82, 2.24) is 0 Å². The van der Waals surface area contributed by atoms with Crippen LogP contribution in [0, 0.1) is 27.3 Å². The van der Waals surface area contributed by atoms with Gasteiger partial charge in [-0.25, -0.2) is 4.39 Å². The number of rotatable bonds is 5. The number of nitrogens with zero attached hydrogens (tertiary/aromatic N) is 2. The number of ether oxygens (including phenoxy) is 1. The fourth-order valence-electron chi connectivity index (χ4n) is 1.82. The zero-order chi connectivity index (χ0) is 17.7. The number of nitro groups is 1. The van der Waals surface area contributed by atoms with Crippen molar-refractivity contribution in [1.29, 1.82) is 5.26 Å². The molecule has 0 bridgehead atoms. The molecule has 122 valence electrons. The van der Waals surface area contributed by atoms with Gasteiger partial charge in [0.2, 0.25) is 0 Å². The van der Waals surface area contributed by atoms with Crippen LogP contribution in [0.5, 0.6) is 5.75 Å². The van der Waals surface area contributed by atoms with E-state index in [9.17, 15) is 19.3 Å².